The van der Waals surface area contributed by atoms with Gasteiger partial charge in [0.1, 0.15) is 0 Å². The highest BCUT2D eigenvalue weighted by Gasteiger charge is 2.24. The normalized spacial score (nSPS) is 13.9. The maximum atomic E-state index is 11.9. The average Bonchev–Trinajstić information content (AvgIpc) is 2.78. The molecule has 2 amide bonds. The standard InChI is InChI=1S/C12H16N4O2/c1-3-4-13-12(18)10-7-14-16-6-5-15(9(2)17)8-11(10)16/h3,7H,1,4-6,8H2,2H3,(H,13,18). The van der Waals surface area contributed by atoms with Crippen LogP contribution in [0.1, 0.15) is 23.0 Å². The summed E-state index contributed by atoms with van der Waals surface area (Å²) in [6.45, 7) is 7.20. The maximum Gasteiger partial charge on any atom is 0.255 e. The molecule has 1 aromatic heterocycles. The maximum absolute atomic E-state index is 11.9. The second-order valence-corrected chi connectivity index (χ2v) is 4.17. The van der Waals surface area contributed by atoms with Gasteiger partial charge in [0.25, 0.3) is 5.91 Å². The van der Waals surface area contributed by atoms with Crippen molar-refractivity contribution in [3.05, 3.63) is 30.1 Å². The Hall–Kier alpha value is -2.11. The van der Waals surface area contributed by atoms with Gasteiger partial charge < -0.3 is 10.2 Å². The molecular weight excluding hydrogens is 232 g/mol. The number of carbonyl (C=O) groups excluding carboxylic acids is 2. The van der Waals surface area contributed by atoms with Gasteiger partial charge in [0.05, 0.1) is 30.5 Å². The number of hydrogen-bond donors (Lipinski definition) is 1. The van der Waals surface area contributed by atoms with Crippen molar-refractivity contribution >= 4 is 11.8 Å². The van der Waals surface area contributed by atoms with Gasteiger partial charge in [0, 0.05) is 20.0 Å². The van der Waals surface area contributed by atoms with Gasteiger partial charge in [-0.25, -0.2) is 0 Å². The predicted octanol–water partition coefficient (Wildman–Crippen LogP) is 0.161. The van der Waals surface area contributed by atoms with Crippen LogP contribution in [0.3, 0.4) is 0 Å². The molecule has 1 aromatic rings. The first-order valence-corrected chi connectivity index (χ1v) is 5.82. The lowest BCUT2D eigenvalue weighted by Gasteiger charge is -2.27. The van der Waals surface area contributed by atoms with Gasteiger partial charge in [0.2, 0.25) is 5.91 Å². The van der Waals surface area contributed by atoms with Crippen LogP contribution in [0.25, 0.3) is 0 Å². The smallest absolute Gasteiger partial charge is 0.255 e. The number of amides is 2. The largest absolute Gasteiger partial charge is 0.348 e. The zero-order valence-corrected chi connectivity index (χ0v) is 10.3. The van der Waals surface area contributed by atoms with E-state index in [1.807, 2.05) is 0 Å². The second kappa shape index (κ2) is 5.03. The third kappa shape index (κ3) is 2.27. The minimum atomic E-state index is -0.179. The third-order valence-corrected chi connectivity index (χ3v) is 2.97. The quantitative estimate of drug-likeness (QED) is 0.775. The number of nitrogens with zero attached hydrogens (tertiary/aromatic N) is 3. The molecule has 0 spiro atoms. The first-order valence-electron chi connectivity index (χ1n) is 5.82. The summed E-state index contributed by atoms with van der Waals surface area (Å²) >= 11 is 0. The van der Waals surface area contributed by atoms with Crippen molar-refractivity contribution in [2.24, 2.45) is 0 Å². The number of carbonyl (C=O) groups is 2. The highest BCUT2D eigenvalue weighted by Crippen LogP contribution is 2.16. The van der Waals surface area contributed by atoms with Crippen molar-refractivity contribution in [1.29, 1.82) is 0 Å². The molecule has 1 aliphatic rings. The van der Waals surface area contributed by atoms with Crippen molar-refractivity contribution < 1.29 is 9.59 Å². The number of hydrogen-bond acceptors (Lipinski definition) is 3. The predicted molar refractivity (Wildman–Crippen MR) is 65.8 cm³/mol. The lowest BCUT2D eigenvalue weighted by Crippen LogP contribution is -2.38. The zero-order chi connectivity index (χ0) is 13.1. The van der Waals surface area contributed by atoms with Crippen molar-refractivity contribution in [3.63, 3.8) is 0 Å². The Kier molecular flexibility index (Phi) is 3.45. The minimum Gasteiger partial charge on any atom is -0.348 e. The summed E-state index contributed by atoms with van der Waals surface area (Å²) in [6.07, 6.45) is 3.17. The highest BCUT2D eigenvalue weighted by molar-refractivity contribution is 5.95. The van der Waals surface area contributed by atoms with Crippen LogP contribution >= 0.6 is 0 Å². The molecule has 1 N–H and O–H groups in total. The Morgan fingerprint density at radius 2 is 2.33 bits per heavy atom. The Morgan fingerprint density at radius 3 is 3.00 bits per heavy atom. The van der Waals surface area contributed by atoms with E-state index in [2.05, 4.69) is 17.0 Å². The van der Waals surface area contributed by atoms with Crippen LogP contribution in [0, 0.1) is 0 Å². The molecular formula is C12H16N4O2. The van der Waals surface area contributed by atoms with Crippen LogP contribution < -0.4 is 5.32 Å². The van der Waals surface area contributed by atoms with Crippen LogP contribution in [0.15, 0.2) is 18.9 Å². The number of rotatable bonds is 3. The zero-order valence-electron chi connectivity index (χ0n) is 10.3. The van der Waals surface area contributed by atoms with E-state index < -0.39 is 0 Å². The van der Waals surface area contributed by atoms with Crippen molar-refractivity contribution in [3.8, 4) is 0 Å². The van der Waals surface area contributed by atoms with E-state index in [1.54, 1.807) is 21.9 Å². The van der Waals surface area contributed by atoms with E-state index in [9.17, 15) is 9.59 Å². The molecule has 96 valence electrons. The molecule has 0 bridgehead atoms. The molecule has 0 saturated carbocycles. The molecule has 1 aliphatic heterocycles. The summed E-state index contributed by atoms with van der Waals surface area (Å²) in [5.41, 5.74) is 1.32. The third-order valence-electron chi connectivity index (χ3n) is 2.97. The number of aromatic nitrogens is 2. The molecule has 2 heterocycles. The van der Waals surface area contributed by atoms with E-state index in [4.69, 9.17) is 0 Å². The molecule has 6 heteroatoms. The molecule has 0 radical (unpaired) electrons. The van der Waals surface area contributed by atoms with Crippen LogP contribution in [-0.4, -0.2) is 39.6 Å². The van der Waals surface area contributed by atoms with E-state index in [-0.39, 0.29) is 11.8 Å². The van der Waals surface area contributed by atoms with Crippen molar-refractivity contribution in [2.45, 2.75) is 20.0 Å². The Labute approximate surface area is 105 Å². The average molecular weight is 248 g/mol. The second-order valence-electron chi connectivity index (χ2n) is 4.17. The number of fused-ring (bicyclic) bond motifs is 1. The van der Waals surface area contributed by atoms with E-state index in [0.29, 0.717) is 31.7 Å². The first-order chi connectivity index (χ1) is 8.63. The topological polar surface area (TPSA) is 67.2 Å². The van der Waals surface area contributed by atoms with Gasteiger partial charge >= 0.3 is 0 Å². The van der Waals surface area contributed by atoms with Gasteiger partial charge in [-0.15, -0.1) is 6.58 Å². The van der Waals surface area contributed by atoms with Crippen LogP contribution in [0.2, 0.25) is 0 Å². The lowest BCUT2D eigenvalue weighted by atomic mass is 10.2. The highest BCUT2D eigenvalue weighted by atomic mass is 16.2. The van der Waals surface area contributed by atoms with E-state index in [0.717, 1.165) is 5.69 Å². The van der Waals surface area contributed by atoms with Gasteiger partial charge in [-0.1, -0.05) is 6.08 Å². The first kappa shape index (κ1) is 12.3. The fraction of sp³-hybridized carbons (Fsp3) is 0.417. The summed E-state index contributed by atoms with van der Waals surface area (Å²) in [4.78, 5) is 25.0. The van der Waals surface area contributed by atoms with Crippen LogP contribution in [0.5, 0.6) is 0 Å². The molecule has 6 nitrogen and oxygen atoms in total. The van der Waals surface area contributed by atoms with E-state index in [1.165, 1.54) is 6.92 Å². The lowest BCUT2D eigenvalue weighted by molar-refractivity contribution is -0.130. The molecule has 2 rings (SSSR count). The molecule has 0 aromatic carbocycles. The molecule has 0 atom stereocenters. The molecule has 0 unspecified atom stereocenters. The van der Waals surface area contributed by atoms with Crippen LogP contribution in [0.4, 0.5) is 0 Å². The molecule has 18 heavy (non-hydrogen) atoms. The minimum absolute atomic E-state index is 0.0138. The Balaban J connectivity index is 2.20. The van der Waals surface area contributed by atoms with Gasteiger partial charge in [0.15, 0.2) is 0 Å². The summed E-state index contributed by atoms with van der Waals surface area (Å²) < 4.78 is 1.78. The van der Waals surface area contributed by atoms with E-state index >= 15 is 0 Å². The summed E-state index contributed by atoms with van der Waals surface area (Å²) in [5, 5.41) is 6.89. The van der Waals surface area contributed by atoms with Crippen molar-refractivity contribution in [1.82, 2.24) is 20.0 Å². The molecule has 0 fully saturated rings. The molecule has 0 aliphatic carbocycles. The fourth-order valence-corrected chi connectivity index (χ4v) is 1.96. The Morgan fingerprint density at radius 1 is 1.56 bits per heavy atom. The van der Waals surface area contributed by atoms with Gasteiger partial charge in [-0.3, -0.25) is 14.3 Å². The van der Waals surface area contributed by atoms with Gasteiger partial charge in [-0.2, -0.15) is 5.10 Å². The van der Waals surface area contributed by atoms with Crippen molar-refractivity contribution in [2.75, 3.05) is 13.1 Å². The van der Waals surface area contributed by atoms with Gasteiger partial charge in [-0.05, 0) is 0 Å². The monoisotopic (exact) mass is 248 g/mol. The Bertz CT molecular complexity index is 492. The number of nitrogens with one attached hydrogen (secondary N) is 1. The molecule has 0 saturated heterocycles. The SMILES string of the molecule is C=CCNC(=O)c1cnn2c1CN(C(C)=O)CC2. The fourth-order valence-electron chi connectivity index (χ4n) is 1.96. The summed E-state index contributed by atoms with van der Waals surface area (Å²) in [5.74, 6) is -0.165. The van der Waals surface area contributed by atoms with Crippen LogP contribution in [-0.2, 0) is 17.9 Å². The summed E-state index contributed by atoms with van der Waals surface area (Å²) in [7, 11) is 0. The summed E-state index contributed by atoms with van der Waals surface area (Å²) in [6, 6.07) is 0.